The Morgan fingerprint density at radius 2 is 1.94 bits per heavy atom. The summed E-state index contributed by atoms with van der Waals surface area (Å²) in [6.07, 6.45) is 7.53. The van der Waals surface area contributed by atoms with Gasteiger partial charge in [-0.1, -0.05) is 48.5 Å². The third kappa shape index (κ3) is 4.33. The smallest absolute Gasteiger partial charge is 0.227 e. The van der Waals surface area contributed by atoms with Crippen molar-refractivity contribution in [1.82, 2.24) is 19.4 Å². The van der Waals surface area contributed by atoms with Crippen LogP contribution in [0.1, 0.15) is 35.5 Å². The van der Waals surface area contributed by atoms with E-state index in [1.54, 1.807) is 0 Å². The molecule has 32 heavy (non-hydrogen) atoms. The van der Waals surface area contributed by atoms with Crippen LogP contribution in [-0.2, 0) is 24.2 Å². The number of para-hydroxylation sites is 1. The number of hydrogen-bond acceptors (Lipinski definition) is 2. The zero-order valence-electron chi connectivity index (χ0n) is 18.6. The van der Waals surface area contributed by atoms with Gasteiger partial charge in [-0.2, -0.15) is 0 Å². The van der Waals surface area contributed by atoms with Gasteiger partial charge in [0.25, 0.3) is 0 Å². The van der Waals surface area contributed by atoms with Crippen LogP contribution in [0.4, 0.5) is 0 Å². The van der Waals surface area contributed by atoms with Gasteiger partial charge in [0, 0.05) is 55.0 Å². The van der Waals surface area contributed by atoms with Crippen LogP contribution in [0.25, 0.3) is 10.9 Å². The Morgan fingerprint density at radius 3 is 2.81 bits per heavy atom. The number of carbonyl (C=O) groups is 1. The lowest BCUT2D eigenvalue weighted by molar-refractivity contribution is -0.132. The van der Waals surface area contributed by atoms with Gasteiger partial charge < -0.3 is 14.5 Å². The summed E-state index contributed by atoms with van der Waals surface area (Å²) in [4.78, 5) is 23.2. The Hall–Kier alpha value is -3.34. The highest BCUT2D eigenvalue weighted by atomic mass is 16.2. The van der Waals surface area contributed by atoms with Crippen LogP contribution in [0.5, 0.6) is 0 Å². The number of piperidine rings is 1. The Balaban J connectivity index is 1.25. The average Bonchev–Trinajstić information content (AvgIpc) is 3.38. The summed E-state index contributed by atoms with van der Waals surface area (Å²) in [6, 6.07) is 18.7. The van der Waals surface area contributed by atoms with Crippen molar-refractivity contribution in [2.75, 3.05) is 13.1 Å². The van der Waals surface area contributed by atoms with Crippen molar-refractivity contribution in [1.29, 1.82) is 0 Å². The van der Waals surface area contributed by atoms with Crippen molar-refractivity contribution in [3.63, 3.8) is 0 Å². The van der Waals surface area contributed by atoms with Crippen LogP contribution in [0.2, 0.25) is 0 Å². The fourth-order valence-electron chi connectivity index (χ4n) is 4.92. The maximum atomic E-state index is 13.1. The minimum absolute atomic E-state index is 0.225. The molecule has 1 atom stereocenters. The molecule has 3 heterocycles. The number of fused-ring (bicyclic) bond motifs is 1. The van der Waals surface area contributed by atoms with Gasteiger partial charge in [-0.3, -0.25) is 4.79 Å². The van der Waals surface area contributed by atoms with E-state index in [9.17, 15) is 4.79 Å². The van der Waals surface area contributed by atoms with E-state index < -0.39 is 0 Å². The monoisotopic (exact) mass is 426 g/mol. The third-order valence-electron chi connectivity index (χ3n) is 6.68. The van der Waals surface area contributed by atoms with E-state index in [4.69, 9.17) is 4.98 Å². The van der Waals surface area contributed by atoms with Gasteiger partial charge in [-0.25, -0.2) is 4.98 Å². The first kappa shape index (κ1) is 20.6. The van der Waals surface area contributed by atoms with Crippen LogP contribution >= 0.6 is 0 Å². The minimum atomic E-state index is 0.225. The van der Waals surface area contributed by atoms with Gasteiger partial charge in [0.2, 0.25) is 5.91 Å². The second-order valence-electron chi connectivity index (χ2n) is 8.98. The molecule has 1 amide bonds. The van der Waals surface area contributed by atoms with E-state index in [2.05, 4.69) is 63.8 Å². The SMILES string of the molecule is Cc1cnc(CC2CCCN(C(=O)Cc3c[nH]c4ccccc34)C2)n1Cc1ccccc1. The van der Waals surface area contributed by atoms with Gasteiger partial charge in [0.05, 0.1) is 6.42 Å². The van der Waals surface area contributed by atoms with Crippen molar-refractivity contribution in [3.8, 4) is 0 Å². The number of nitrogens with one attached hydrogen (secondary N) is 1. The molecule has 5 heteroatoms. The van der Waals surface area contributed by atoms with E-state index in [1.165, 1.54) is 11.3 Å². The van der Waals surface area contributed by atoms with Crippen LogP contribution in [0, 0.1) is 12.8 Å². The van der Waals surface area contributed by atoms with Crippen LogP contribution in [0.15, 0.2) is 67.0 Å². The number of amides is 1. The summed E-state index contributed by atoms with van der Waals surface area (Å²) in [6.45, 7) is 4.64. The first-order chi connectivity index (χ1) is 15.7. The van der Waals surface area contributed by atoms with Crippen molar-refractivity contribution in [2.45, 2.75) is 39.2 Å². The Labute approximate surface area is 189 Å². The number of rotatable bonds is 6. The molecule has 0 aliphatic carbocycles. The lowest BCUT2D eigenvalue weighted by Crippen LogP contribution is -2.41. The molecule has 1 N–H and O–H groups in total. The highest BCUT2D eigenvalue weighted by Gasteiger charge is 2.26. The number of likely N-dealkylation sites (tertiary alicyclic amines) is 1. The fourth-order valence-corrected chi connectivity index (χ4v) is 4.92. The molecule has 0 saturated carbocycles. The lowest BCUT2D eigenvalue weighted by Gasteiger charge is -2.33. The molecule has 1 aliphatic rings. The number of imidazole rings is 1. The Kier molecular flexibility index (Phi) is 5.80. The first-order valence-electron chi connectivity index (χ1n) is 11.5. The van der Waals surface area contributed by atoms with E-state index >= 15 is 0 Å². The highest BCUT2D eigenvalue weighted by molar-refractivity contribution is 5.88. The molecule has 1 saturated heterocycles. The third-order valence-corrected chi connectivity index (χ3v) is 6.68. The molecule has 0 radical (unpaired) electrons. The molecule has 164 valence electrons. The maximum Gasteiger partial charge on any atom is 0.227 e. The molecule has 2 aromatic heterocycles. The molecule has 1 unspecified atom stereocenters. The maximum absolute atomic E-state index is 13.1. The molecule has 5 rings (SSSR count). The average molecular weight is 427 g/mol. The van der Waals surface area contributed by atoms with Crippen molar-refractivity contribution < 1.29 is 4.79 Å². The van der Waals surface area contributed by atoms with Gasteiger partial charge in [0.1, 0.15) is 5.82 Å². The molecule has 5 nitrogen and oxygen atoms in total. The van der Waals surface area contributed by atoms with E-state index in [1.807, 2.05) is 24.5 Å². The number of benzene rings is 2. The van der Waals surface area contributed by atoms with Gasteiger partial charge in [-0.15, -0.1) is 0 Å². The summed E-state index contributed by atoms with van der Waals surface area (Å²) in [7, 11) is 0. The van der Waals surface area contributed by atoms with Crippen LogP contribution < -0.4 is 0 Å². The largest absolute Gasteiger partial charge is 0.361 e. The standard InChI is InChI=1S/C27H30N4O/c1-20-16-29-26(31(20)19-21-8-3-2-4-9-21)14-22-10-7-13-30(18-22)27(32)15-23-17-28-25-12-6-5-11-24(23)25/h2-6,8-9,11-12,16-17,22,28H,7,10,13-15,18-19H2,1H3. The number of H-pyrrole nitrogens is 1. The lowest BCUT2D eigenvalue weighted by atomic mass is 9.94. The summed E-state index contributed by atoms with van der Waals surface area (Å²) >= 11 is 0. The molecule has 1 fully saturated rings. The summed E-state index contributed by atoms with van der Waals surface area (Å²) in [5.41, 5.74) is 4.65. The van der Waals surface area contributed by atoms with Gasteiger partial charge in [-0.05, 0) is 42.9 Å². The van der Waals surface area contributed by atoms with Crippen molar-refractivity contribution in [3.05, 3.63) is 89.6 Å². The van der Waals surface area contributed by atoms with Gasteiger partial charge in [0.15, 0.2) is 0 Å². The van der Waals surface area contributed by atoms with E-state index in [0.717, 1.165) is 61.2 Å². The topological polar surface area (TPSA) is 53.9 Å². The van der Waals surface area contributed by atoms with Crippen molar-refractivity contribution >= 4 is 16.8 Å². The molecule has 2 aromatic carbocycles. The molecular weight excluding hydrogens is 396 g/mol. The number of carbonyl (C=O) groups excluding carboxylic acids is 1. The fraction of sp³-hybridized carbons (Fsp3) is 0.333. The highest BCUT2D eigenvalue weighted by Crippen LogP contribution is 2.24. The van der Waals surface area contributed by atoms with E-state index in [0.29, 0.717) is 12.3 Å². The quantitative estimate of drug-likeness (QED) is 0.484. The predicted molar refractivity (Wildman–Crippen MR) is 128 cm³/mol. The second kappa shape index (κ2) is 9.03. The minimum Gasteiger partial charge on any atom is -0.361 e. The van der Waals surface area contributed by atoms with Crippen molar-refractivity contribution in [2.24, 2.45) is 5.92 Å². The normalized spacial score (nSPS) is 16.5. The summed E-state index contributed by atoms with van der Waals surface area (Å²) in [5.74, 6) is 1.80. The van der Waals surface area contributed by atoms with Crippen LogP contribution in [-0.4, -0.2) is 38.4 Å². The number of aromatic nitrogens is 3. The summed E-state index contributed by atoms with van der Waals surface area (Å²) in [5, 5.41) is 1.15. The zero-order valence-corrected chi connectivity index (χ0v) is 18.6. The van der Waals surface area contributed by atoms with Gasteiger partial charge >= 0.3 is 0 Å². The Bertz CT molecular complexity index is 1210. The molecule has 0 bridgehead atoms. The summed E-state index contributed by atoms with van der Waals surface area (Å²) < 4.78 is 2.32. The molecule has 4 aromatic rings. The molecular formula is C27H30N4O. The number of nitrogens with zero attached hydrogens (tertiary/aromatic N) is 3. The van der Waals surface area contributed by atoms with E-state index in [-0.39, 0.29) is 5.91 Å². The molecule has 1 aliphatic heterocycles. The predicted octanol–water partition coefficient (Wildman–Crippen LogP) is 4.74. The number of hydrogen-bond donors (Lipinski definition) is 1. The zero-order chi connectivity index (χ0) is 21.9. The second-order valence-corrected chi connectivity index (χ2v) is 8.98. The molecule has 0 spiro atoms. The first-order valence-corrected chi connectivity index (χ1v) is 11.5. The number of aromatic amines is 1. The Morgan fingerprint density at radius 1 is 1.12 bits per heavy atom. The number of aryl methyl sites for hydroxylation is 1. The van der Waals surface area contributed by atoms with Crippen LogP contribution in [0.3, 0.4) is 0 Å².